The van der Waals surface area contributed by atoms with Crippen LogP contribution in [0.4, 0.5) is 5.69 Å². The first kappa shape index (κ1) is 29.1. The topological polar surface area (TPSA) is 76.2 Å². The largest absolute Gasteiger partial charge is 0.495 e. The molecular weight excluding hydrogens is 488 g/mol. The smallest absolute Gasteiger partial charge is 0.252 e. The normalized spacial score (nSPS) is 16.7. The minimum atomic E-state index is -3.90. The van der Waals surface area contributed by atoms with Gasteiger partial charge in [0.15, 0.2) is 0 Å². The van der Waals surface area contributed by atoms with E-state index in [9.17, 15) is 13.2 Å². The Hall–Kier alpha value is -2.42. The number of anilines is 1. The number of amides is 1. The first-order valence-corrected chi connectivity index (χ1v) is 14.6. The molecule has 0 spiro atoms. The fraction of sp³-hybridized carbons (Fsp3) is 0.552. The Morgan fingerprint density at radius 1 is 0.919 bits per heavy atom. The quantitative estimate of drug-likeness (QED) is 0.509. The molecule has 0 aliphatic carbocycles. The molecule has 0 atom stereocenters. The third kappa shape index (κ3) is 7.33. The molecule has 37 heavy (non-hydrogen) atoms. The van der Waals surface area contributed by atoms with Crippen LogP contribution in [0.2, 0.25) is 0 Å². The van der Waals surface area contributed by atoms with E-state index in [1.54, 1.807) is 21.3 Å². The number of carbonyl (C=O) groups excluding carboxylic acids is 1. The number of rotatable bonds is 5. The zero-order valence-corrected chi connectivity index (χ0v) is 23.8. The summed E-state index contributed by atoms with van der Waals surface area (Å²) < 4.78 is 40.6. The van der Waals surface area contributed by atoms with Gasteiger partial charge in [0.05, 0.1) is 7.11 Å². The van der Waals surface area contributed by atoms with Crippen LogP contribution in [0.1, 0.15) is 70.4 Å². The first-order valence-electron chi connectivity index (χ1n) is 13.2. The second-order valence-electron chi connectivity index (χ2n) is 10.7. The molecule has 7 nitrogen and oxygen atoms in total. The number of ether oxygens (including phenoxy) is 2. The van der Waals surface area contributed by atoms with E-state index in [4.69, 9.17) is 9.47 Å². The molecule has 3 rings (SSSR count). The van der Waals surface area contributed by atoms with Gasteiger partial charge in [-0.25, -0.2) is 8.42 Å². The van der Waals surface area contributed by atoms with Crippen LogP contribution in [0.5, 0.6) is 5.75 Å². The number of sulfonamides is 1. The van der Waals surface area contributed by atoms with E-state index in [1.807, 2.05) is 30.3 Å². The van der Waals surface area contributed by atoms with Crippen LogP contribution in [0.25, 0.3) is 0 Å². The molecule has 0 N–H and O–H groups in total. The molecule has 1 aliphatic heterocycles. The van der Waals surface area contributed by atoms with Gasteiger partial charge in [-0.2, -0.15) is 4.31 Å². The fourth-order valence-electron chi connectivity index (χ4n) is 4.71. The molecule has 0 fully saturated rings. The third-order valence-corrected chi connectivity index (χ3v) is 8.75. The zero-order chi connectivity index (χ0) is 27.1. The first-order chi connectivity index (χ1) is 17.6. The highest BCUT2D eigenvalue weighted by Crippen LogP contribution is 2.34. The second kappa shape index (κ2) is 12.9. The average molecular weight is 531 g/mol. The molecule has 1 heterocycles. The van der Waals surface area contributed by atoms with Crippen molar-refractivity contribution >= 4 is 21.6 Å². The van der Waals surface area contributed by atoms with Crippen LogP contribution in [0.3, 0.4) is 0 Å². The van der Waals surface area contributed by atoms with Crippen LogP contribution in [0, 0.1) is 0 Å². The molecule has 0 radical (unpaired) electrons. The van der Waals surface area contributed by atoms with Crippen molar-refractivity contribution in [3.8, 4) is 5.75 Å². The molecule has 0 unspecified atom stereocenters. The number of fused-ring (bicyclic) bond motifs is 1. The number of benzene rings is 2. The van der Waals surface area contributed by atoms with Crippen LogP contribution in [0.15, 0.2) is 47.4 Å². The van der Waals surface area contributed by atoms with Crippen LogP contribution in [-0.2, 0) is 31.5 Å². The Bertz CT molecular complexity index is 1160. The lowest BCUT2D eigenvalue weighted by Gasteiger charge is -2.29. The Morgan fingerprint density at radius 3 is 2.22 bits per heavy atom. The highest BCUT2D eigenvalue weighted by molar-refractivity contribution is 7.89. The van der Waals surface area contributed by atoms with Crippen molar-refractivity contribution in [3.05, 3.63) is 53.6 Å². The molecule has 2 aromatic rings. The summed E-state index contributed by atoms with van der Waals surface area (Å²) in [6, 6.07) is 13.0. The number of methoxy groups -OCH3 is 2. The monoisotopic (exact) mass is 530 g/mol. The molecule has 8 heteroatoms. The lowest BCUT2D eigenvalue weighted by molar-refractivity contribution is -0.122. The second-order valence-corrected chi connectivity index (χ2v) is 12.6. The summed E-state index contributed by atoms with van der Waals surface area (Å²) in [6.07, 6.45) is 5.74. The molecule has 0 saturated carbocycles. The van der Waals surface area contributed by atoms with Crippen LogP contribution < -0.4 is 9.64 Å². The highest BCUT2D eigenvalue weighted by Gasteiger charge is 2.31. The molecule has 2 aromatic carbocycles. The Morgan fingerprint density at radius 2 is 1.57 bits per heavy atom. The summed E-state index contributed by atoms with van der Waals surface area (Å²) in [5.41, 5.74) is 2.24. The lowest BCUT2D eigenvalue weighted by Crippen LogP contribution is -2.37. The maximum Gasteiger partial charge on any atom is 0.252 e. The van der Waals surface area contributed by atoms with Gasteiger partial charge >= 0.3 is 0 Å². The van der Waals surface area contributed by atoms with Crippen molar-refractivity contribution in [1.82, 2.24) is 4.31 Å². The van der Waals surface area contributed by atoms with Gasteiger partial charge in [-0.05, 0) is 47.6 Å². The summed E-state index contributed by atoms with van der Waals surface area (Å²) >= 11 is 0. The molecule has 0 saturated heterocycles. The predicted molar refractivity (Wildman–Crippen MR) is 148 cm³/mol. The van der Waals surface area contributed by atoms with Gasteiger partial charge in [0, 0.05) is 32.4 Å². The minimum Gasteiger partial charge on any atom is -0.495 e. The highest BCUT2D eigenvalue weighted by atomic mass is 32.2. The standard InChI is InChI=1S/C29H42N2O5S/c1-29(2,3)24-16-17-26(36-5)27(20-24)37(33,34)30-18-12-8-6-7-9-13-19-31(28(32)22-35-4)25-15-11-10-14-23(25)21-30/h10-11,14-17,20H,6-9,12-13,18-19,21-22H2,1-5H3. The van der Waals surface area contributed by atoms with Gasteiger partial charge in [0.2, 0.25) is 10.0 Å². The maximum absolute atomic E-state index is 14.2. The van der Waals surface area contributed by atoms with Crippen LogP contribution in [-0.4, -0.2) is 52.5 Å². The van der Waals surface area contributed by atoms with Crippen molar-refractivity contribution in [2.24, 2.45) is 0 Å². The number of nitrogens with zero attached hydrogens (tertiary/aromatic N) is 2. The fourth-order valence-corrected chi connectivity index (χ4v) is 6.35. The van der Waals surface area contributed by atoms with Crippen molar-refractivity contribution < 1.29 is 22.7 Å². The zero-order valence-electron chi connectivity index (χ0n) is 23.0. The van der Waals surface area contributed by atoms with Crippen molar-refractivity contribution in [2.75, 3.05) is 38.8 Å². The van der Waals surface area contributed by atoms with E-state index >= 15 is 0 Å². The minimum absolute atomic E-state index is 0.0207. The maximum atomic E-state index is 14.2. The summed E-state index contributed by atoms with van der Waals surface area (Å²) in [5, 5.41) is 0. The molecule has 1 aliphatic rings. The van der Waals surface area contributed by atoms with Gasteiger partial charge in [0.25, 0.3) is 5.91 Å². The molecule has 0 aromatic heterocycles. The van der Waals surface area contributed by atoms with Gasteiger partial charge < -0.3 is 14.4 Å². The lowest BCUT2D eigenvalue weighted by atomic mass is 9.87. The SMILES string of the molecule is COCC(=O)N1CCCCCCCCN(S(=O)(=O)c2cc(C(C)(C)C)ccc2OC)Cc2ccccc21. The predicted octanol–water partition coefficient (Wildman–Crippen LogP) is 5.52. The average Bonchev–Trinajstić information content (AvgIpc) is 2.88. The van der Waals surface area contributed by atoms with E-state index in [0.29, 0.717) is 18.8 Å². The van der Waals surface area contributed by atoms with E-state index in [0.717, 1.165) is 55.3 Å². The molecule has 0 bridgehead atoms. The van der Waals surface area contributed by atoms with Crippen molar-refractivity contribution in [1.29, 1.82) is 0 Å². The summed E-state index contributed by atoms with van der Waals surface area (Å²) in [7, 11) is -0.884. The summed E-state index contributed by atoms with van der Waals surface area (Å²) in [4.78, 5) is 14.9. The van der Waals surface area contributed by atoms with Gasteiger partial charge in [-0.1, -0.05) is 70.7 Å². The molecule has 1 amide bonds. The van der Waals surface area contributed by atoms with Crippen molar-refractivity contribution in [2.45, 2.75) is 76.2 Å². The molecule has 204 valence electrons. The molecular formula is C29H42N2O5S. The summed E-state index contributed by atoms with van der Waals surface area (Å²) in [6.45, 7) is 7.30. The van der Waals surface area contributed by atoms with E-state index in [2.05, 4.69) is 20.8 Å². The Balaban J connectivity index is 2.09. The Labute approximate surface area is 222 Å². The van der Waals surface area contributed by atoms with Crippen LogP contribution >= 0.6 is 0 Å². The Kier molecular flexibility index (Phi) is 10.2. The van der Waals surface area contributed by atoms with E-state index in [1.165, 1.54) is 14.2 Å². The number of para-hydroxylation sites is 1. The number of hydrogen-bond donors (Lipinski definition) is 0. The van der Waals surface area contributed by atoms with Gasteiger partial charge in [0.1, 0.15) is 17.3 Å². The van der Waals surface area contributed by atoms with Gasteiger partial charge in [-0.15, -0.1) is 0 Å². The summed E-state index contributed by atoms with van der Waals surface area (Å²) in [5.74, 6) is 0.208. The van der Waals surface area contributed by atoms with Crippen molar-refractivity contribution in [3.63, 3.8) is 0 Å². The van der Waals surface area contributed by atoms with E-state index < -0.39 is 10.0 Å². The third-order valence-electron chi connectivity index (χ3n) is 6.88. The number of hydrogen-bond acceptors (Lipinski definition) is 5. The van der Waals surface area contributed by atoms with E-state index in [-0.39, 0.29) is 29.4 Å². The van der Waals surface area contributed by atoms with Gasteiger partial charge in [-0.3, -0.25) is 4.79 Å². The number of carbonyl (C=O) groups is 1.